The van der Waals surface area contributed by atoms with E-state index >= 15 is 0 Å². The maximum atomic E-state index is 5.66. The van der Waals surface area contributed by atoms with E-state index in [0.717, 1.165) is 25.7 Å². The zero-order valence-electron chi connectivity index (χ0n) is 12.6. The van der Waals surface area contributed by atoms with Gasteiger partial charge in [0.25, 0.3) is 0 Å². The molecule has 0 N–H and O–H groups in total. The molecule has 2 aliphatic heterocycles. The number of hydrogen-bond donors (Lipinski definition) is 0. The summed E-state index contributed by atoms with van der Waals surface area (Å²) >= 11 is 0. The SMILES string of the molecule is CC(C)(C)C1CCCCCC2COCCN2CC1. The van der Waals surface area contributed by atoms with Crippen molar-refractivity contribution in [3.8, 4) is 0 Å². The van der Waals surface area contributed by atoms with Gasteiger partial charge in [-0.15, -0.1) is 0 Å². The average molecular weight is 253 g/mol. The highest BCUT2D eigenvalue weighted by Gasteiger charge is 2.28. The molecule has 0 aromatic rings. The Hall–Kier alpha value is -0.0800. The van der Waals surface area contributed by atoms with Crippen LogP contribution in [0, 0.1) is 11.3 Å². The van der Waals surface area contributed by atoms with Crippen LogP contribution in [0.4, 0.5) is 0 Å². The average Bonchev–Trinajstić information content (AvgIpc) is 2.33. The molecule has 0 aromatic carbocycles. The molecule has 2 aliphatic rings. The first-order valence-corrected chi connectivity index (χ1v) is 7.89. The fraction of sp³-hybridized carbons (Fsp3) is 1.00. The molecule has 106 valence electrons. The van der Waals surface area contributed by atoms with E-state index < -0.39 is 0 Å². The molecule has 0 saturated carbocycles. The van der Waals surface area contributed by atoms with Gasteiger partial charge >= 0.3 is 0 Å². The van der Waals surface area contributed by atoms with Gasteiger partial charge in [-0.2, -0.15) is 0 Å². The Morgan fingerprint density at radius 3 is 2.50 bits per heavy atom. The van der Waals surface area contributed by atoms with E-state index in [0.29, 0.717) is 11.5 Å². The molecule has 2 atom stereocenters. The lowest BCUT2D eigenvalue weighted by Crippen LogP contribution is -2.46. The third-order valence-electron chi connectivity index (χ3n) is 4.93. The van der Waals surface area contributed by atoms with Crippen LogP contribution in [0.3, 0.4) is 0 Å². The summed E-state index contributed by atoms with van der Waals surface area (Å²) in [5, 5.41) is 0. The van der Waals surface area contributed by atoms with Gasteiger partial charge in [0.2, 0.25) is 0 Å². The van der Waals surface area contributed by atoms with Crippen LogP contribution in [0.2, 0.25) is 0 Å². The van der Waals surface area contributed by atoms with Gasteiger partial charge in [-0.3, -0.25) is 4.90 Å². The number of morpholine rings is 1. The van der Waals surface area contributed by atoms with Gasteiger partial charge in [-0.25, -0.2) is 0 Å². The molecule has 2 unspecified atom stereocenters. The molecule has 2 heterocycles. The molecule has 2 nitrogen and oxygen atoms in total. The largest absolute Gasteiger partial charge is 0.378 e. The van der Waals surface area contributed by atoms with E-state index in [-0.39, 0.29) is 0 Å². The first-order valence-electron chi connectivity index (χ1n) is 7.89. The lowest BCUT2D eigenvalue weighted by molar-refractivity contribution is -0.0174. The van der Waals surface area contributed by atoms with Crippen LogP contribution in [0.1, 0.15) is 59.3 Å². The van der Waals surface area contributed by atoms with E-state index in [2.05, 4.69) is 25.7 Å². The predicted molar refractivity (Wildman–Crippen MR) is 76.8 cm³/mol. The standard InChI is InChI=1S/C16H31NO/c1-16(2,3)14-7-5-4-6-8-15-13-18-12-11-17(15)10-9-14/h14-15H,4-13H2,1-3H3. The summed E-state index contributed by atoms with van der Waals surface area (Å²) < 4.78 is 5.66. The van der Waals surface area contributed by atoms with Crippen molar-refractivity contribution < 1.29 is 4.74 Å². The molecule has 0 amide bonds. The fourth-order valence-corrected chi connectivity index (χ4v) is 3.53. The predicted octanol–water partition coefficient (Wildman–Crippen LogP) is 3.70. The monoisotopic (exact) mass is 253 g/mol. The lowest BCUT2D eigenvalue weighted by Gasteiger charge is -2.39. The Balaban J connectivity index is 1.96. The van der Waals surface area contributed by atoms with Crippen LogP contribution in [0.5, 0.6) is 0 Å². The zero-order chi connectivity index (χ0) is 13.0. The maximum Gasteiger partial charge on any atom is 0.0622 e. The maximum absolute atomic E-state index is 5.66. The topological polar surface area (TPSA) is 12.5 Å². The lowest BCUT2D eigenvalue weighted by atomic mass is 9.75. The van der Waals surface area contributed by atoms with Crippen molar-refractivity contribution >= 4 is 0 Å². The van der Waals surface area contributed by atoms with Crippen LogP contribution >= 0.6 is 0 Å². The second kappa shape index (κ2) is 6.38. The van der Waals surface area contributed by atoms with Crippen molar-refractivity contribution in [1.82, 2.24) is 4.90 Å². The molecule has 0 aromatic heterocycles. The van der Waals surface area contributed by atoms with Gasteiger partial charge in [0, 0.05) is 12.6 Å². The van der Waals surface area contributed by atoms with Gasteiger partial charge < -0.3 is 4.74 Å². The number of fused-ring (bicyclic) bond motifs is 1. The molecule has 0 bridgehead atoms. The molecule has 2 saturated heterocycles. The summed E-state index contributed by atoms with van der Waals surface area (Å²) in [6, 6.07) is 0.706. The summed E-state index contributed by atoms with van der Waals surface area (Å²) in [5.74, 6) is 0.888. The number of hydrogen-bond acceptors (Lipinski definition) is 2. The zero-order valence-corrected chi connectivity index (χ0v) is 12.6. The second-order valence-electron chi connectivity index (χ2n) is 7.25. The minimum atomic E-state index is 0.473. The Morgan fingerprint density at radius 2 is 1.72 bits per heavy atom. The van der Waals surface area contributed by atoms with Crippen LogP contribution in [0.15, 0.2) is 0 Å². The number of nitrogens with zero attached hydrogens (tertiary/aromatic N) is 1. The van der Waals surface area contributed by atoms with Crippen molar-refractivity contribution in [1.29, 1.82) is 0 Å². The van der Waals surface area contributed by atoms with Gasteiger partial charge in [0.1, 0.15) is 0 Å². The first-order chi connectivity index (χ1) is 8.57. The Morgan fingerprint density at radius 1 is 0.944 bits per heavy atom. The molecule has 0 aliphatic carbocycles. The molecule has 0 spiro atoms. The summed E-state index contributed by atoms with van der Waals surface area (Å²) in [4.78, 5) is 2.70. The van der Waals surface area contributed by atoms with Crippen molar-refractivity contribution in [3.63, 3.8) is 0 Å². The van der Waals surface area contributed by atoms with E-state index in [1.54, 1.807) is 0 Å². The summed E-state index contributed by atoms with van der Waals surface area (Å²) in [6.07, 6.45) is 8.38. The van der Waals surface area contributed by atoms with Gasteiger partial charge in [-0.1, -0.05) is 40.0 Å². The normalized spacial score (nSPS) is 32.8. The highest BCUT2D eigenvalue weighted by atomic mass is 16.5. The quantitative estimate of drug-likeness (QED) is 0.652. The summed E-state index contributed by atoms with van der Waals surface area (Å²) in [6.45, 7) is 11.6. The summed E-state index contributed by atoms with van der Waals surface area (Å²) in [7, 11) is 0. The van der Waals surface area contributed by atoms with Crippen LogP contribution in [-0.2, 0) is 4.74 Å². The molecule has 2 heteroatoms. The third kappa shape index (κ3) is 3.96. The molecular weight excluding hydrogens is 222 g/mol. The van der Waals surface area contributed by atoms with E-state index in [1.807, 2.05) is 0 Å². The van der Waals surface area contributed by atoms with E-state index in [4.69, 9.17) is 4.74 Å². The smallest absolute Gasteiger partial charge is 0.0622 e. The first kappa shape index (κ1) is 14.3. The van der Waals surface area contributed by atoms with Gasteiger partial charge in [0.15, 0.2) is 0 Å². The Bertz CT molecular complexity index is 246. The molecule has 2 rings (SSSR count). The van der Waals surface area contributed by atoms with Crippen molar-refractivity contribution in [2.24, 2.45) is 11.3 Å². The fourth-order valence-electron chi connectivity index (χ4n) is 3.53. The molecule has 18 heavy (non-hydrogen) atoms. The summed E-state index contributed by atoms with van der Waals surface area (Å²) in [5.41, 5.74) is 0.473. The number of rotatable bonds is 0. The van der Waals surface area contributed by atoms with Crippen LogP contribution < -0.4 is 0 Å². The van der Waals surface area contributed by atoms with Gasteiger partial charge in [0.05, 0.1) is 13.2 Å². The third-order valence-corrected chi connectivity index (χ3v) is 4.93. The van der Waals surface area contributed by atoms with Crippen molar-refractivity contribution in [3.05, 3.63) is 0 Å². The second-order valence-corrected chi connectivity index (χ2v) is 7.25. The van der Waals surface area contributed by atoms with Crippen molar-refractivity contribution in [2.75, 3.05) is 26.3 Å². The van der Waals surface area contributed by atoms with E-state index in [9.17, 15) is 0 Å². The Kier molecular flexibility index (Phi) is 5.08. The molecule has 0 radical (unpaired) electrons. The van der Waals surface area contributed by atoms with Crippen molar-refractivity contribution in [2.45, 2.75) is 65.3 Å². The number of ether oxygens (including phenoxy) is 1. The molecular formula is C16H31NO. The van der Waals surface area contributed by atoms with Gasteiger partial charge in [-0.05, 0) is 37.1 Å². The minimum Gasteiger partial charge on any atom is -0.378 e. The molecule has 2 fully saturated rings. The Labute approximate surface area is 113 Å². The van der Waals surface area contributed by atoms with Crippen LogP contribution in [0.25, 0.3) is 0 Å². The van der Waals surface area contributed by atoms with E-state index in [1.165, 1.54) is 45.1 Å². The van der Waals surface area contributed by atoms with Crippen LogP contribution in [-0.4, -0.2) is 37.2 Å². The highest BCUT2D eigenvalue weighted by molar-refractivity contribution is 4.81. The highest BCUT2D eigenvalue weighted by Crippen LogP contribution is 2.34. The minimum absolute atomic E-state index is 0.473.